The van der Waals surface area contributed by atoms with Crippen molar-refractivity contribution in [1.29, 1.82) is 0 Å². The molecular weight excluding hydrogens is 404 g/mol. The lowest BCUT2D eigenvalue weighted by molar-refractivity contribution is -0.141. The summed E-state index contributed by atoms with van der Waals surface area (Å²) in [6, 6.07) is 7.92. The van der Waals surface area contributed by atoms with Crippen molar-refractivity contribution in [2.45, 2.75) is 32.0 Å². The zero-order chi connectivity index (χ0) is 22.4. The van der Waals surface area contributed by atoms with Gasteiger partial charge in [0.2, 0.25) is 0 Å². The fourth-order valence-electron chi connectivity index (χ4n) is 5.80. The van der Waals surface area contributed by atoms with Crippen LogP contribution in [0.2, 0.25) is 0 Å². The highest BCUT2D eigenvalue weighted by Crippen LogP contribution is 2.43. The number of aryl methyl sites for hydroxylation is 1. The van der Waals surface area contributed by atoms with E-state index in [9.17, 15) is 9.90 Å². The van der Waals surface area contributed by atoms with Crippen LogP contribution in [0.25, 0.3) is 16.6 Å². The SMILES string of the molecule is CCC1CC2C(=O)C(c3nc4ccccc4n3C)=COC2C(CN2CCN(C)CC2)C1O. The number of carbonyl (C=O) groups excluding carboxylic acids is 1. The average Bonchev–Trinajstić information content (AvgIpc) is 3.13. The van der Waals surface area contributed by atoms with Crippen molar-refractivity contribution in [3.8, 4) is 0 Å². The molecule has 7 nitrogen and oxygen atoms in total. The molecule has 0 spiro atoms. The van der Waals surface area contributed by atoms with Crippen molar-refractivity contribution in [2.75, 3.05) is 39.8 Å². The Labute approximate surface area is 189 Å². The number of nitrogens with zero attached hydrogens (tertiary/aromatic N) is 4. The standard InChI is InChI=1S/C25H34N4O3/c1-4-16-13-17-23(31)19(25-26-20-7-5-6-8-21(20)28(25)3)15-32-24(17)18(22(16)30)14-29-11-9-27(2)10-12-29/h5-8,15-18,22,24,30H,4,9-14H2,1-3H3. The van der Waals surface area contributed by atoms with Crippen LogP contribution in [0.1, 0.15) is 25.6 Å². The Hall–Kier alpha value is -2.22. The van der Waals surface area contributed by atoms with Crippen molar-refractivity contribution in [1.82, 2.24) is 19.4 Å². The van der Waals surface area contributed by atoms with Gasteiger partial charge in [0.25, 0.3) is 0 Å². The molecule has 1 saturated carbocycles. The first-order valence-corrected chi connectivity index (χ1v) is 11.9. The summed E-state index contributed by atoms with van der Waals surface area (Å²) in [6.07, 6.45) is 2.42. The molecule has 0 amide bonds. The fraction of sp³-hybridized carbons (Fsp3) is 0.600. The highest BCUT2D eigenvalue weighted by Gasteiger charge is 2.50. The summed E-state index contributed by atoms with van der Waals surface area (Å²) in [5, 5.41) is 11.2. The van der Waals surface area contributed by atoms with E-state index in [2.05, 4.69) is 23.8 Å². The maximum absolute atomic E-state index is 13.7. The molecule has 32 heavy (non-hydrogen) atoms. The van der Waals surface area contributed by atoms with Crippen LogP contribution < -0.4 is 0 Å². The normalized spacial score (nSPS) is 31.9. The van der Waals surface area contributed by atoms with Crippen LogP contribution in [-0.4, -0.2) is 82.2 Å². The number of imidazole rings is 1. The number of rotatable bonds is 4. The summed E-state index contributed by atoms with van der Waals surface area (Å²) < 4.78 is 8.25. The highest BCUT2D eigenvalue weighted by atomic mass is 16.5. The first-order chi connectivity index (χ1) is 15.5. The van der Waals surface area contributed by atoms with Gasteiger partial charge >= 0.3 is 0 Å². The zero-order valence-corrected chi connectivity index (χ0v) is 19.3. The Bertz CT molecular complexity index is 1020. The summed E-state index contributed by atoms with van der Waals surface area (Å²) >= 11 is 0. The molecule has 2 fully saturated rings. The molecule has 2 aromatic rings. The van der Waals surface area contributed by atoms with Crippen molar-refractivity contribution in [2.24, 2.45) is 24.8 Å². The number of aliphatic hydroxyl groups excluding tert-OH is 1. The number of benzene rings is 1. The minimum atomic E-state index is -0.445. The lowest BCUT2D eigenvalue weighted by Gasteiger charge is -2.47. The van der Waals surface area contributed by atoms with Gasteiger partial charge in [0.1, 0.15) is 11.9 Å². The minimum absolute atomic E-state index is 0.0655. The lowest BCUT2D eigenvalue weighted by atomic mass is 9.67. The number of ether oxygens (including phenoxy) is 1. The van der Waals surface area contributed by atoms with E-state index in [1.165, 1.54) is 0 Å². The number of likely N-dealkylation sites (N-methyl/N-ethyl adjacent to an activating group) is 1. The smallest absolute Gasteiger partial charge is 0.176 e. The van der Waals surface area contributed by atoms with Gasteiger partial charge in [0, 0.05) is 45.7 Å². The molecule has 3 aliphatic rings. The number of aliphatic hydroxyl groups is 1. The van der Waals surface area contributed by atoms with Crippen molar-refractivity contribution in [3.63, 3.8) is 0 Å². The van der Waals surface area contributed by atoms with Gasteiger partial charge < -0.3 is 24.2 Å². The third kappa shape index (κ3) is 3.66. The maximum Gasteiger partial charge on any atom is 0.176 e. The fourth-order valence-corrected chi connectivity index (χ4v) is 5.80. The summed E-state index contributed by atoms with van der Waals surface area (Å²) in [7, 11) is 4.09. The Kier molecular flexibility index (Phi) is 5.82. The van der Waals surface area contributed by atoms with Gasteiger partial charge in [-0.2, -0.15) is 0 Å². The summed E-state index contributed by atoms with van der Waals surface area (Å²) in [5.41, 5.74) is 2.42. The largest absolute Gasteiger partial charge is 0.496 e. The van der Waals surface area contributed by atoms with Crippen molar-refractivity contribution >= 4 is 22.4 Å². The van der Waals surface area contributed by atoms with E-state index in [1.54, 1.807) is 6.26 Å². The number of Topliss-reactive ketones (excluding diaryl/α,β-unsaturated/α-hetero) is 1. The van der Waals surface area contributed by atoms with Crippen LogP contribution in [0.3, 0.4) is 0 Å². The number of aromatic nitrogens is 2. The van der Waals surface area contributed by atoms with Crippen LogP contribution >= 0.6 is 0 Å². The van der Waals surface area contributed by atoms with E-state index in [1.807, 2.05) is 35.9 Å². The molecule has 7 heteroatoms. The number of piperazine rings is 1. The van der Waals surface area contributed by atoms with E-state index < -0.39 is 6.10 Å². The van der Waals surface area contributed by atoms with Gasteiger partial charge in [-0.25, -0.2) is 4.98 Å². The number of carbonyl (C=O) groups is 1. The van der Waals surface area contributed by atoms with Crippen LogP contribution in [0.5, 0.6) is 0 Å². The molecule has 5 rings (SSSR count). The van der Waals surface area contributed by atoms with Gasteiger partial charge in [-0.3, -0.25) is 4.79 Å². The summed E-state index contributed by atoms with van der Waals surface area (Å²) in [5.74, 6) is 0.573. The Balaban J connectivity index is 1.44. The van der Waals surface area contributed by atoms with E-state index in [0.29, 0.717) is 17.8 Å². The second kappa shape index (κ2) is 8.61. The number of allylic oxidation sites excluding steroid dienone is 1. The molecule has 1 N–H and O–H groups in total. The molecule has 5 unspecified atom stereocenters. The molecule has 1 saturated heterocycles. The van der Waals surface area contributed by atoms with Gasteiger partial charge in [0.05, 0.1) is 34.9 Å². The predicted octanol–water partition coefficient (Wildman–Crippen LogP) is 2.15. The van der Waals surface area contributed by atoms with Crippen LogP contribution in [0.4, 0.5) is 0 Å². The molecule has 1 aliphatic carbocycles. The lowest BCUT2D eigenvalue weighted by Crippen LogP contribution is -2.57. The van der Waals surface area contributed by atoms with E-state index >= 15 is 0 Å². The number of fused-ring (bicyclic) bond motifs is 2. The van der Waals surface area contributed by atoms with E-state index in [0.717, 1.165) is 50.2 Å². The van der Waals surface area contributed by atoms with Gasteiger partial charge in [0.15, 0.2) is 5.78 Å². The molecule has 0 radical (unpaired) electrons. The van der Waals surface area contributed by atoms with Crippen molar-refractivity contribution < 1.29 is 14.6 Å². The topological polar surface area (TPSA) is 70.8 Å². The van der Waals surface area contributed by atoms with E-state index in [4.69, 9.17) is 9.72 Å². The van der Waals surface area contributed by atoms with Crippen LogP contribution in [0.15, 0.2) is 30.5 Å². The third-order valence-electron chi connectivity index (χ3n) is 7.86. The first-order valence-electron chi connectivity index (χ1n) is 11.9. The molecule has 0 bridgehead atoms. The molecular formula is C25H34N4O3. The number of hydrogen-bond donors (Lipinski definition) is 1. The summed E-state index contributed by atoms with van der Waals surface area (Å²) in [4.78, 5) is 23.2. The van der Waals surface area contributed by atoms with Crippen LogP contribution in [-0.2, 0) is 16.6 Å². The minimum Gasteiger partial charge on any atom is -0.496 e. The molecule has 5 atom stereocenters. The first kappa shape index (κ1) is 21.6. The second-order valence-electron chi connectivity index (χ2n) is 9.75. The Morgan fingerprint density at radius 3 is 2.62 bits per heavy atom. The number of hydrogen-bond acceptors (Lipinski definition) is 6. The maximum atomic E-state index is 13.7. The van der Waals surface area contributed by atoms with Gasteiger partial charge in [-0.05, 0) is 31.5 Å². The van der Waals surface area contributed by atoms with Gasteiger partial charge in [-0.15, -0.1) is 0 Å². The monoisotopic (exact) mass is 438 g/mol. The Morgan fingerprint density at radius 2 is 1.91 bits per heavy atom. The number of ketones is 1. The zero-order valence-electron chi connectivity index (χ0n) is 19.3. The summed E-state index contributed by atoms with van der Waals surface area (Å²) in [6.45, 7) is 6.92. The van der Waals surface area contributed by atoms with Crippen molar-refractivity contribution in [3.05, 3.63) is 36.4 Å². The Morgan fingerprint density at radius 1 is 1.16 bits per heavy atom. The van der Waals surface area contributed by atoms with Gasteiger partial charge in [-0.1, -0.05) is 25.5 Å². The molecule has 172 valence electrons. The molecule has 1 aromatic heterocycles. The number of para-hydroxylation sites is 2. The van der Waals surface area contributed by atoms with E-state index in [-0.39, 0.29) is 29.6 Å². The third-order valence-corrected chi connectivity index (χ3v) is 7.86. The molecule has 1 aromatic carbocycles. The average molecular weight is 439 g/mol. The molecule has 2 aliphatic heterocycles. The predicted molar refractivity (Wildman–Crippen MR) is 124 cm³/mol. The molecule has 3 heterocycles. The highest BCUT2D eigenvalue weighted by molar-refractivity contribution is 6.21. The van der Waals surface area contributed by atoms with Crippen LogP contribution in [0, 0.1) is 17.8 Å². The second-order valence-corrected chi connectivity index (χ2v) is 9.75. The quantitative estimate of drug-likeness (QED) is 0.789.